The zero-order valence-corrected chi connectivity index (χ0v) is 8.36. The van der Waals surface area contributed by atoms with Crippen LogP contribution in [0.15, 0.2) is 0 Å². The predicted molar refractivity (Wildman–Crippen MR) is 21.2 cm³/mol. The minimum Gasteiger partial charge on any atom is -0.870 e. The predicted octanol–water partition coefficient (Wildman–Crippen LogP) is -1.65. The monoisotopic (exact) mass is 320 g/mol. The number of hydrogen-bond acceptors (Lipinski definition) is 5. The molecule has 0 fully saturated rings. The first-order chi connectivity index (χ1) is 0. The molecular formula is H5AlO5Pb. The van der Waals surface area contributed by atoms with E-state index in [1.54, 1.807) is 0 Å². The van der Waals surface area contributed by atoms with E-state index in [9.17, 15) is 0 Å². The molecule has 0 spiro atoms. The van der Waals surface area contributed by atoms with Gasteiger partial charge in [-0.25, -0.2) is 0 Å². The summed E-state index contributed by atoms with van der Waals surface area (Å²) in [5.41, 5.74) is 0. The molecule has 0 saturated carbocycles. The van der Waals surface area contributed by atoms with Gasteiger partial charge in [0.05, 0.1) is 0 Å². The zero-order chi connectivity index (χ0) is 0. The van der Waals surface area contributed by atoms with Gasteiger partial charge < -0.3 is 27.4 Å². The van der Waals surface area contributed by atoms with E-state index in [1.165, 1.54) is 0 Å². The second-order valence-corrected chi connectivity index (χ2v) is 0. The first-order valence-electron chi connectivity index (χ1n) is 0. The molecule has 0 heterocycles. The number of hydrogen-bond donors (Lipinski definition) is 0. The molecule has 0 bridgehead atoms. The van der Waals surface area contributed by atoms with Gasteiger partial charge in [-0.3, -0.25) is 0 Å². The molecule has 0 unspecified atom stereocenters. The molecule has 0 aliphatic heterocycles. The van der Waals surface area contributed by atoms with Gasteiger partial charge in [-0.15, -0.1) is 0 Å². The van der Waals surface area contributed by atoms with Crippen molar-refractivity contribution < 1.29 is 27.4 Å². The van der Waals surface area contributed by atoms with Gasteiger partial charge in [-0.1, -0.05) is 0 Å². The van der Waals surface area contributed by atoms with E-state index in [0.29, 0.717) is 0 Å². The van der Waals surface area contributed by atoms with Crippen LogP contribution in [-0.2, 0) is 0 Å². The summed E-state index contributed by atoms with van der Waals surface area (Å²) in [6.07, 6.45) is 0. The molecule has 7 heavy (non-hydrogen) atoms. The van der Waals surface area contributed by atoms with Crippen LogP contribution in [0.1, 0.15) is 0 Å². The normalized spacial score (nSPS) is 0. The maximum Gasteiger partial charge on any atom is 3.00 e. The Kier molecular flexibility index (Phi) is 7110. The summed E-state index contributed by atoms with van der Waals surface area (Å²) < 4.78 is 0. The molecule has 0 aliphatic carbocycles. The van der Waals surface area contributed by atoms with Crippen molar-refractivity contribution in [2.75, 3.05) is 0 Å². The van der Waals surface area contributed by atoms with Crippen LogP contribution in [0.25, 0.3) is 0 Å². The topological polar surface area (TPSA) is 150 Å². The van der Waals surface area contributed by atoms with Gasteiger partial charge in [0.2, 0.25) is 0 Å². The van der Waals surface area contributed by atoms with Gasteiger partial charge in [-0.05, 0) is 0 Å². The van der Waals surface area contributed by atoms with E-state index in [2.05, 4.69) is 0 Å². The zero-order valence-electron chi connectivity index (χ0n) is 3.31. The van der Waals surface area contributed by atoms with Crippen LogP contribution in [0.4, 0.5) is 0 Å². The van der Waals surface area contributed by atoms with Crippen LogP contribution in [0.3, 0.4) is 0 Å². The molecule has 42 valence electrons. The third-order valence-corrected chi connectivity index (χ3v) is 0. The Morgan fingerprint density at radius 3 is 0.429 bits per heavy atom. The maximum atomic E-state index is 0. The summed E-state index contributed by atoms with van der Waals surface area (Å²) in [5.74, 6) is 0. The minimum atomic E-state index is 0. The molecule has 2 radical (unpaired) electrons. The Morgan fingerprint density at radius 1 is 0.429 bits per heavy atom. The molecule has 0 aliphatic rings. The molecule has 0 amide bonds. The molecule has 5 N–H and O–H groups in total. The fraction of sp³-hybridized carbons (Fsp3) is 0. The quantitative estimate of drug-likeness (QED) is 0.490. The SMILES string of the molecule is [Al+3].[OH-].[OH-].[OH-].[OH-].[OH-].[Pb+2]. The number of rotatable bonds is 0. The van der Waals surface area contributed by atoms with Gasteiger partial charge in [0.25, 0.3) is 0 Å². The summed E-state index contributed by atoms with van der Waals surface area (Å²) in [6.45, 7) is 0. The Bertz CT molecular complexity index is 8.04. The first kappa shape index (κ1) is 276. The largest absolute Gasteiger partial charge is 3.00 e. The fourth-order valence-electron chi connectivity index (χ4n) is 0. The van der Waals surface area contributed by atoms with Crippen molar-refractivity contribution >= 4 is 44.7 Å². The van der Waals surface area contributed by atoms with Crippen LogP contribution < -0.4 is 0 Å². The van der Waals surface area contributed by atoms with Crippen LogP contribution >= 0.6 is 0 Å². The van der Waals surface area contributed by atoms with Crippen molar-refractivity contribution in [1.29, 1.82) is 0 Å². The summed E-state index contributed by atoms with van der Waals surface area (Å²) in [4.78, 5) is 0. The molecule has 0 aromatic carbocycles. The molecule has 0 aromatic rings. The van der Waals surface area contributed by atoms with E-state index in [4.69, 9.17) is 0 Å². The van der Waals surface area contributed by atoms with Crippen molar-refractivity contribution in [1.82, 2.24) is 0 Å². The second-order valence-electron chi connectivity index (χ2n) is 0. The van der Waals surface area contributed by atoms with Gasteiger partial charge in [0.15, 0.2) is 0 Å². The van der Waals surface area contributed by atoms with Crippen molar-refractivity contribution in [3.05, 3.63) is 0 Å². The average Bonchev–Trinajstić information content (AvgIpc) is 0. The molecule has 0 saturated heterocycles. The van der Waals surface area contributed by atoms with E-state index < -0.39 is 0 Å². The molecule has 0 rings (SSSR count). The van der Waals surface area contributed by atoms with Gasteiger partial charge in [0, 0.05) is 0 Å². The molecule has 0 atom stereocenters. The van der Waals surface area contributed by atoms with Crippen LogP contribution in [0.5, 0.6) is 0 Å². The van der Waals surface area contributed by atoms with Crippen LogP contribution in [0.2, 0.25) is 0 Å². The second kappa shape index (κ2) is 180. The third-order valence-electron chi connectivity index (χ3n) is 0. The van der Waals surface area contributed by atoms with Crippen molar-refractivity contribution in [2.45, 2.75) is 0 Å². The molecule has 7 heteroatoms. The van der Waals surface area contributed by atoms with E-state index in [0.717, 1.165) is 0 Å². The summed E-state index contributed by atoms with van der Waals surface area (Å²) in [7, 11) is 0. The van der Waals surface area contributed by atoms with E-state index >= 15 is 0 Å². The summed E-state index contributed by atoms with van der Waals surface area (Å²) in [6, 6.07) is 0. The van der Waals surface area contributed by atoms with Crippen LogP contribution in [-0.4, -0.2) is 72.0 Å². The van der Waals surface area contributed by atoms with Gasteiger partial charge >= 0.3 is 44.7 Å². The Balaban J connectivity index is 0. The summed E-state index contributed by atoms with van der Waals surface area (Å²) in [5, 5.41) is 0. The molecular weight excluding hydrogens is 314 g/mol. The fourth-order valence-corrected chi connectivity index (χ4v) is 0. The Morgan fingerprint density at radius 2 is 0.429 bits per heavy atom. The smallest absolute Gasteiger partial charge is 0.870 e. The molecule has 0 aromatic heterocycles. The van der Waals surface area contributed by atoms with Crippen molar-refractivity contribution in [3.63, 3.8) is 0 Å². The first-order valence-corrected chi connectivity index (χ1v) is 0. The maximum absolute atomic E-state index is 0. The standard InChI is InChI=1S/Al.5H2O.Pb/h;5*1H2;/q+3;;;;;;+2/p-5. The van der Waals surface area contributed by atoms with E-state index in [1.807, 2.05) is 0 Å². The van der Waals surface area contributed by atoms with E-state index in [-0.39, 0.29) is 72.0 Å². The van der Waals surface area contributed by atoms with Crippen molar-refractivity contribution in [2.24, 2.45) is 0 Å². The Hall–Kier alpha value is 1.25. The van der Waals surface area contributed by atoms with Gasteiger partial charge in [-0.2, -0.15) is 0 Å². The summed E-state index contributed by atoms with van der Waals surface area (Å²) >= 11 is 0. The van der Waals surface area contributed by atoms with Crippen LogP contribution in [0, 0.1) is 0 Å². The minimum absolute atomic E-state index is 0. The Labute approximate surface area is 71.9 Å². The average molecular weight is 319 g/mol. The molecule has 5 nitrogen and oxygen atoms in total. The third kappa shape index (κ3) is 127. The van der Waals surface area contributed by atoms with Gasteiger partial charge in [0.1, 0.15) is 0 Å². The van der Waals surface area contributed by atoms with Crippen molar-refractivity contribution in [3.8, 4) is 0 Å².